The number of hydrogen-bond donors (Lipinski definition) is 0. The quantitative estimate of drug-likeness (QED) is 0.209. The highest BCUT2D eigenvalue weighted by atomic mass is 16.5. The standard InChI is InChI=1S/C34H24N2O4/c37-30-27(23-11-5-17-35-25-15-13-20-8-2-4-10-22(20)32(25)40-33(23)35)31(38)28(30)24-12-6-18-36-29-21-9-3-1-7-19(21)14-16-26(29)39-34(24)36/h1-4,7-10,13-16H,5-6,11-12,17-18H2. The van der Waals surface area contributed by atoms with E-state index in [0.29, 0.717) is 24.6 Å². The molecule has 0 spiro atoms. The van der Waals surface area contributed by atoms with Crippen molar-refractivity contribution in [2.24, 2.45) is 0 Å². The number of oxazole rings is 1. The average molecular weight is 525 g/mol. The number of fused-ring (bicyclic) bond motifs is 10. The third-order valence-electron chi connectivity index (χ3n) is 8.82. The van der Waals surface area contributed by atoms with Gasteiger partial charge in [0.2, 0.25) is 11.5 Å². The van der Waals surface area contributed by atoms with Gasteiger partial charge in [0.15, 0.2) is 18.1 Å². The van der Waals surface area contributed by atoms with Crippen molar-refractivity contribution in [3.63, 3.8) is 0 Å². The molecule has 1 aromatic heterocycles. The van der Waals surface area contributed by atoms with Gasteiger partial charge in [-0.2, -0.15) is 4.57 Å². The smallest absolute Gasteiger partial charge is 0.378 e. The molecule has 0 amide bonds. The molecule has 6 nitrogen and oxygen atoms in total. The molecule has 0 saturated heterocycles. The van der Waals surface area contributed by atoms with Crippen molar-refractivity contribution < 1.29 is 23.6 Å². The first-order valence-corrected chi connectivity index (χ1v) is 13.9. The SMILES string of the molecule is O=C1C(C2=C3Oc4c(ccc5ccccc45)N3CCC2)=C([O-])/C1=C1/CCC[n+]2c1oc1ccc3ccccc3c12. The van der Waals surface area contributed by atoms with E-state index < -0.39 is 0 Å². The molecular formula is C34H24N2O4. The van der Waals surface area contributed by atoms with Crippen LogP contribution in [0.1, 0.15) is 31.6 Å². The van der Waals surface area contributed by atoms with E-state index in [4.69, 9.17) is 9.15 Å². The monoisotopic (exact) mass is 524 g/mol. The Balaban J connectivity index is 1.19. The zero-order chi connectivity index (χ0) is 26.5. The van der Waals surface area contributed by atoms with Gasteiger partial charge < -0.3 is 19.2 Å². The number of Topliss-reactive ketones (excluding diaryl/α,β-unsaturated/α-hetero) is 1. The van der Waals surface area contributed by atoms with Crippen LogP contribution in [-0.4, -0.2) is 12.3 Å². The summed E-state index contributed by atoms with van der Waals surface area (Å²) in [5, 5.41) is 18.2. The molecule has 0 atom stereocenters. The summed E-state index contributed by atoms with van der Waals surface area (Å²) in [5.74, 6) is 1.69. The number of hydrogen-bond acceptors (Lipinski definition) is 5. The Morgan fingerprint density at radius 3 is 2.40 bits per heavy atom. The van der Waals surface area contributed by atoms with Crippen LogP contribution in [0, 0.1) is 0 Å². The zero-order valence-corrected chi connectivity index (χ0v) is 21.7. The summed E-state index contributed by atoms with van der Waals surface area (Å²) >= 11 is 0. The molecule has 40 heavy (non-hydrogen) atoms. The predicted octanol–water partition coefficient (Wildman–Crippen LogP) is 5.68. The number of ether oxygens (including phenoxy) is 1. The van der Waals surface area contributed by atoms with Gasteiger partial charge >= 0.3 is 5.89 Å². The van der Waals surface area contributed by atoms with E-state index in [1.54, 1.807) is 0 Å². The van der Waals surface area contributed by atoms with Crippen molar-refractivity contribution in [1.82, 2.24) is 0 Å². The lowest BCUT2D eigenvalue weighted by Gasteiger charge is -2.36. The number of nitrogens with zero attached hydrogens (tertiary/aromatic N) is 2. The van der Waals surface area contributed by atoms with E-state index in [1.807, 2.05) is 30.3 Å². The first-order chi connectivity index (χ1) is 19.7. The highest BCUT2D eigenvalue weighted by Gasteiger charge is 2.43. The van der Waals surface area contributed by atoms with Crippen LogP contribution in [0.15, 0.2) is 106 Å². The van der Waals surface area contributed by atoms with Crippen LogP contribution in [0.5, 0.6) is 5.75 Å². The van der Waals surface area contributed by atoms with Gasteiger partial charge in [-0.25, -0.2) is 0 Å². The normalized spacial score (nSPS) is 20.2. The number of ketones is 1. The van der Waals surface area contributed by atoms with E-state index in [1.165, 1.54) is 0 Å². The van der Waals surface area contributed by atoms with Gasteiger partial charge in [-0.15, -0.1) is 0 Å². The lowest BCUT2D eigenvalue weighted by Crippen LogP contribution is -2.42. The molecule has 0 unspecified atom stereocenters. The summed E-state index contributed by atoms with van der Waals surface area (Å²) < 4.78 is 14.9. The fourth-order valence-electron chi connectivity index (χ4n) is 7.00. The van der Waals surface area contributed by atoms with Gasteiger partial charge in [0.1, 0.15) is 0 Å². The molecule has 4 heterocycles. The van der Waals surface area contributed by atoms with Crippen LogP contribution in [0.4, 0.5) is 5.69 Å². The molecule has 0 radical (unpaired) electrons. The minimum absolute atomic E-state index is 0.187. The summed E-state index contributed by atoms with van der Waals surface area (Å²) in [7, 11) is 0. The molecule has 6 heteroatoms. The number of rotatable bonds is 1. The van der Waals surface area contributed by atoms with Crippen molar-refractivity contribution in [2.75, 3.05) is 11.4 Å². The van der Waals surface area contributed by atoms with E-state index in [2.05, 4.69) is 51.9 Å². The number of aryl methyl sites for hydroxylation is 1. The van der Waals surface area contributed by atoms with Crippen molar-refractivity contribution >= 4 is 49.7 Å². The molecule has 0 bridgehead atoms. The first-order valence-electron chi connectivity index (χ1n) is 13.9. The highest BCUT2D eigenvalue weighted by Crippen LogP contribution is 2.50. The molecule has 1 aliphatic carbocycles. The predicted molar refractivity (Wildman–Crippen MR) is 150 cm³/mol. The number of carbonyl (C=O) groups excluding carboxylic acids is 1. The van der Waals surface area contributed by atoms with E-state index in [-0.39, 0.29) is 22.7 Å². The van der Waals surface area contributed by atoms with Crippen molar-refractivity contribution in [3.8, 4) is 5.75 Å². The molecule has 194 valence electrons. The Kier molecular flexibility index (Phi) is 4.32. The summed E-state index contributed by atoms with van der Waals surface area (Å²) in [6.07, 6.45) is 2.98. The number of benzene rings is 4. The average Bonchev–Trinajstić information content (AvgIpc) is 3.58. The van der Waals surface area contributed by atoms with Crippen molar-refractivity contribution in [1.29, 1.82) is 0 Å². The van der Waals surface area contributed by atoms with Gasteiger partial charge in [0.05, 0.1) is 16.6 Å². The summed E-state index contributed by atoms with van der Waals surface area (Å²) in [6.45, 7) is 1.58. The molecule has 5 aromatic rings. The zero-order valence-electron chi connectivity index (χ0n) is 21.7. The van der Waals surface area contributed by atoms with E-state index >= 15 is 0 Å². The Morgan fingerprint density at radius 2 is 1.55 bits per heavy atom. The maximum absolute atomic E-state index is 13.8. The fourth-order valence-corrected chi connectivity index (χ4v) is 7.00. The van der Waals surface area contributed by atoms with Crippen LogP contribution in [0.25, 0.3) is 38.2 Å². The Labute approximate surface area is 229 Å². The second kappa shape index (κ2) is 7.85. The molecule has 4 aromatic carbocycles. The van der Waals surface area contributed by atoms with E-state index in [9.17, 15) is 9.90 Å². The second-order valence-corrected chi connectivity index (χ2v) is 11.0. The fraction of sp³-hybridized carbons (Fsp3) is 0.176. The van der Waals surface area contributed by atoms with E-state index in [0.717, 1.165) is 81.2 Å². The molecule has 3 aliphatic heterocycles. The van der Waals surface area contributed by atoms with Gasteiger partial charge in [0, 0.05) is 35.1 Å². The van der Waals surface area contributed by atoms with Gasteiger partial charge in [-0.3, -0.25) is 4.79 Å². The summed E-state index contributed by atoms with van der Waals surface area (Å²) in [6, 6.07) is 24.6. The Morgan fingerprint density at radius 1 is 0.800 bits per heavy atom. The molecule has 9 rings (SSSR count). The van der Waals surface area contributed by atoms with Gasteiger partial charge in [-0.1, -0.05) is 60.4 Å². The van der Waals surface area contributed by atoms with Crippen LogP contribution < -0.4 is 19.3 Å². The molecule has 0 saturated carbocycles. The number of allylic oxidation sites excluding steroid dienone is 4. The lowest BCUT2D eigenvalue weighted by atomic mass is 9.77. The third-order valence-corrected chi connectivity index (χ3v) is 8.82. The number of carbonyl (C=O) groups is 1. The topological polar surface area (TPSA) is 69.6 Å². The highest BCUT2D eigenvalue weighted by molar-refractivity contribution is 6.25. The van der Waals surface area contributed by atoms with Crippen LogP contribution in [-0.2, 0) is 11.3 Å². The van der Waals surface area contributed by atoms with Crippen molar-refractivity contribution in [3.05, 3.63) is 107 Å². The largest absolute Gasteiger partial charge is 0.871 e. The Hall–Kier alpha value is -4.84. The van der Waals surface area contributed by atoms with Crippen LogP contribution >= 0.6 is 0 Å². The third kappa shape index (κ3) is 2.78. The number of aromatic nitrogens is 1. The molecule has 0 fully saturated rings. The van der Waals surface area contributed by atoms with Crippen molar-refractivity contribution in [2.45, 2.75) is 32.2 Å². The van der Waals surface area contributed by atoms with Gasteiger partial charge in [-0.05, 0) is 48.2 Å². The second-order valence-electron chi connectivity index (χ2n) is 11.0. The minimum Gasteiger partial charge on any atom is -0.871 e. The van der Waals surface area contributed by atoms with Crippen LogP contribution in [0.3, 0.4) is 0 Å². The minimum atomic E-state index is -0.187. The maximum Gasteiger partial charge on any atom is 0.378 e. The molecular weight excluding hydrogens is 500 g/mol. The maximum atomic E-state index is 13.8. The first kappa shape index (κ1) is 22.0. The number of anilines is 1. The summed E-state index contributed by atoms with van der Waals surface area (Å²) in [5.41, 5.74) is 4.79. The Bertz CT molecular complexity index is 2080. The molecule has 4 aliphatic rings. The van der Waals surface area contributed by atoms with Crippen LogP contribution in [0.2, 0.25) is 0 Å². The molecule has 0 N–H and O–H groups in total. The lowest BCUT2D eigenvalue weighted by molar-refractivity contribution is -0.681. The summed E-state index contributed by atoms with van der Waals surface area (Å²) in [4.78, 5) is 15.9. The van der Waals surface area contributed by atoms with Gasteiger partial charge in [0.25, 0.3) is 5.52 Å².